The Labute approximate surface area is 155 Å². The molecule has 26 heavy (non-hydrogen) atoms. The second kappa shape index (κ2) is 6.77. The van der Waals surface area contributed by atoms with Crippen LogP contribution in [0.15, 0.2) is 59.4 Å². The van der Waals surface area contributed by atoms with Crippen molar-refractivity contribution < 1.29 is 4.74 Å². The average molecular weight is 362 g/mol. The summed E-state index contributed by atoms with van der Waals surface area (Å²) in [6.45, 7) is 2.06. The second-order valence-corrected chi connectivity index (χ2v) is 7.27. The Morgan fingerprint density at radius 1 is 1.12 bits per heavy atom. The van der Waals surface area contributed by atoms with Crippen LogP contribution in [-0.4, -0.2) is 17.1 Å². The highest BCUT2D eigenvalue weighted by Crippen LogP contribution is 2.31. The molecule has 0 saturated heterocycles. The van der Waals surface area contributed by atoms with Crippen molar-refractivity contribution in [3.05, 3.63) is 81.9 Å². The standard InChI is InChI=1S/C21H18N2O2S/c1-13-6-8-15(9-7-13)18-12-17-20(24)22-19(23-21(17)26-18)11-14-4-3-5-16(10-14)25-2/h3-10,12H,11H2,1-2H3,(H,22,23,24). The van der Waals surface area contributed by atoms with Gasteiger partial charge >= 0.3 is 0 Å². The topological polar surface area (TPSA) is 55.0 Å². The molecule has 0 atom stereocenters. The van der Waals surface area contributed by atoms with Crippen LogP contribution in [0.5, 0.6) is 5.75 Å². The van der Waals surface area contributed by atoms with Gasteiger partial charge in [-0.1, -0.05) is 42.0 Å². The molecule has 0 aliphatic carbocycles. The third-order valence-electron chi connectivity index (χ3n) is 4.29. The van der Waals surface area contributed by atoms with Crippen LogP contribution in [-0.2, 0) is 6.42 Å². The highest BCUT2D eigenvalue weighted by atomic mass is 32.1. The molecule has 0 radical (unpaired) electrons. The van der Waals surface area contributed by atoms with Gasteiger partial charge in [-0.25, -0.2) is 4.98 Å². The van der Waals surface area contributed by atoms with E-state index in [1.165, 1.54) is 5.56 Å². The van der Waals surface area contributed by atoms with E-state index in [-0.39, 0.29) is 5.56 Å². The summed E-state index contributed by atoms with van der Waals surface area (Å²) in [5.74, 6) is 1.46. The largest absolute Gasteiger partial charge is 0.497 e. The molecule has 0 unspecified atom stereocenters. The zero-order valence-corrected chi connectivity index (χ0v) is 15.4. The maximum atomic E-state index is 12.5. The van der Waals surface area contributed by atoms with Crippen molar-refractivity contribution in [1.29, 1.82) is 0 Å². The number of hydrogen-bond donors (Lipinski definition) is 1. The molecule has 0 amide bonds. The van der Waals surface area contributed by atoms with E-state index in [1.807, 2.05) is 30.3 Å². The van der Waals surface area contributed by atoms with Crippen LogP contribution < -0.4 is 10.3 Å². The molecule has 5 heteroatoms. The highest BCUT2D eigenvalue weighted by molar-refractivity contribution is 7.21. The maximum Gasteiger partial charge on any atom is 0.259 e. The number of fused-ring (bicyclic) bond motifs is 1. The van der Waals surface area contributed by atoms with E-state index in [1.54, 1.807) is 18.4 Å². The first kappa shape index (κ1) is 16.5. The van der Waals surface area contributed by atoms with Crippen LogP contribution in [0.1, 0.15) is 17.0 Å². The number of ether oxygens (including phenoxy) is 1. The van der Waals surface area contributed by atoms with Gasteiger partial charge < -0.3 is 9.72 Å². The normalized spacial score (nSPS) is 11.0. The van der Waals surface area contributed by atoms with Crippen LogP contribution in [0.4, 0.5) is 0 Å². The first-order valence-electron chi connectivity index (χ1n) is 8.35. The van der Waals surface area contributed by atoms with Gasteiger partial charge in [0.05, 0.1) is 12.5 Å². The fraction of sp³-hybridized carbons (Fsp3) is 0.143. The summed E-state index contributed by atoms with van der Waals surface area (Å²) in [7, 11) is 1.64. The van der Waals surface area contributed by atoms with Gasteiger partial charge in [-0.15, -0.1) is 11.3 Å². The SMILES string of the molecule is COc1cccc(Cc2nc3sc(-c4ccc(C)cc4)cc3c(=O)[nH]2)c1. The minimum atomic E-state index is -0.0949. The highest BCUT2D eigenvalue weighted by Gasteiger charge is 2.11. The number of aryl methyl sites for hydroxylation is 1. The summed E-state index contributed by atoms with van der Waals surface area (Å²) < 4.78 is 5.26. The molecule has 2 aromatic heterocycles. The minimum Gasteiger partial charge on any atom is -0.497 e. The van der Waals surface area contributed by atoms with Gasteiger partial charge in [0.15, 0.2) is 0 Å². The molecule has 4 nitrogen and oxygen atoms in total. The van der Waals surface area contributed by atoms with Gasteiger partial charge in [0.1, 0.15) is 16.4 Å². The van der Waals surface area contributed by atoms with Crippen LogP contribution in [0.25, 0.3) is 20.7 Å². The van der Waals surface area contributed by atoms with Crippen LogP contribution in [0.3, 0.4) is 0 Å². The van der Waals surface area contributed by atoms with E-state index in [2.05, 4.69) is 41.2 Å². The van der Waals surface area contributed by atoms with Gasteiger partial charge in [-0.3, -0.25) is 4.79 Å². The molecule has 4 aromatic rings. The quantitative estimate of drug-likeness (QED) is 0.579. The fourth-order valence-corrected chi connectivity index (χ4v) is 3.95. The molecule has 0 aliphatic heterocycles. The zero-order chi connectivity index (χ0) is 18.1. The fourth-order valence-electron chi connectivity index (χ4n) is 2.90. The van der Waals surface area contributed by atoms with Gasteiger partial charge in [0, 0.05) is 11.3 Å². The molecule has 130 valence electrons. The molecular weight excluding hydrogens is 344 g/mol. The van der Waals surface area contributed by atoms with Crippen LogP contribution in [0.2, 0.25) is 0 Å². The van der Waals surface area contributed by atoms with Crippen molar-refractivity contribution in [3.8, 4) is 16.2 Å². The van der Waals surface area contributed by atoms with Gasteiger partial charge in [0.2, 0.25) is 0 Å². The number of rotatable bonds is 4. The summed E-state index contributed by atoms with van der Waals surface area (Å²) in [4.78, 5) is 21.9. The number of aromatic amines is 1. The Balaban J connectivity index is 1.71. The predicted octanol–water partition coefficient (Wildman–Crippen LogP) is 4.56. The van der Waals surface area contributed by atoms with Crippen molar-refractivity contribution in [2.45, 2.75) is 13.3 Å². The Hall–Kier alpha value is -2.92. The first-order valence-corrected chi connectivity index (χ1v) is 9.17. The summed E-state index contributed by atoms with van der Waals surface area (Å²) in [5, 5.41) is 0.639. The Bertz CT molecular complexity index is 1130. The molecule has 0 aliphatic rings. The van der Waals surface area contributed by atoms with E-state index in [0.717, 1.165) is 26.6 Å². The minimum absolute atomic E-state index is 0.0949. The third-order valence-corrected chi connectivity index (χ3v) is 5.37. The number of hydrogen-bond acceptors (Lipinski definition) is 4. The number of nitrogens with zero attached hydrogens (tertiary/aromatic N) is 1. The second-order valence-electron chi connectivity index (χ2n) is 6.24. The number of thiophene rings is 1. The van der Waals surface area contributed by atoms with Gasteiger partial charge in [-0.2, -0.15) is 0 Å². The lowest BCUT2D eigenvalue weighted by atomic mass is 10.1. The molecule has 2 heterocycles. The summed E-state index contributed by atoms with van der Waals surface area (Å²) in [6, 6.07) is 18.0. The molecule has 0 bridgehead atoms. The molecule has 4 rings (SSSR count). The first-order chi connectivity index (χ1) is 12.6. The lowest BCUT2D eigenvalue weighted by Gasteiger charge is -2.04. The number of H-pyrrole nitrogens is 1. The van der Waals surface area contributed by atoms with Crippen LogP contribution >= 0.6 is 11.3 Å². The Morgan fingerprint density at radius 2 is 1.92 bits per heavy atom. The van der Waals surface area contributed by atoms with Crippen molar-refractivity contribution >= 4 is 21.6 Å². The van der Waals surface area contributed by atoms with Gasteiger partial charge in [-0.05, 0) is 36.2 Å². The van der Waals surface area contributed by atoms with E-state index in [9.17, 15) is 4.79 Å². The van der Waals surface area contributed by atoms with Crippen LogP contribution in [0, 0.1) is 6.92 Å². The Kier molecular flexibility index (Phi) is 4.31. The van der Waals surface area contributed by atoms with E-state index >= 15 is 0 Å². The summed E-state index contributed by atoms with van der Waals surface area (Å²) >= 11 is 1.55. The molecular formula is C21H18N2O2S. The van der Waals surface area contributed by atoms with E-state index < -0.39 is 0 Å². The number of nitrogens with one attached hydrogen (secondary N) is 1. The van der Waals surface area contributed by atoms with Crippen molar-refractivity contribution in [2.24, 2.45) is 0 Å². The monoisotopic (exact) mass is 362 g/mol. The Morgan fingerprint density at radius 3 is 2.69 bits per heavy atom. The lowest BCUT2D eigenvalue weighted by molar-refractivity contribution is 0.414. The average Bonchev–Trinajstić information content (AvgIpc) is 3.07. The molecule has 0 fully saturated rings. The number of benzene rings is 2. The van der Waals surface area contributed by atoms with Crippen molar-refractivity contribution in [3.63, 3.8) is 0 Å². The molecule has 0 saturated carbocycles. The zero-order valence-electron chi connectivity index (χ0n) is 14.6. The summed E-state index contributed by atoms with van der Waals surface area (Å²) in [5.41, 5.74) is 3.27. The number of aromatic nitrogens is 2. The maximum absolute atomic E-state index is 12.5. The van der Waals surface area contributed by atoms with E-state index in [4.69, 9.17) is 4.74 Å². The van der Waals surface area contributed by atoms with Crippen molar-refractivity contribution in [2.75, 3.05) is 7.11 Å². The predicted molar refractivity (Wildman–Crippen MR) is 106 cm³/mol. The molecule has 0 spiro atoms. The van der Waals surface area contributed by atoms with Gasteiger partial charge in [0.25, 0.3) is 5.56 Å². The summed E-state index contributed by atoms with van der Waals surface area (Å²) in [6.07, 6.45) is 0.556. The molecule has 2 aromatic carbocycles. The molecule has 1 N–H and O–H groups in total. The smallest absolute Gasteiger partial charge is 0.259 e. The van der Waals surface area contributed by atoms with E-state index in [0.29, 0.717) is 17.6 Å². The number of methoxy groups -OCH3 is 1. The lowest BCUT2D eigenvalue weighted by Crippen LogP contribution is -2.10. The third kappa shape index (κ3) is 3.26. The van der Waals surface area contributed by atoms with Crippen molar-refractivity contribution in [1.82, 2.24) is 9.97 Å².